The smallest absolute Gasteiger partial charge is 0.306 e. The van der Waals surface area contributed by atoms with Gasteiger partial charge in [0.1, 0.15) is 5.82 Å². The van der Waals surface area contributed by atoms with Gasteiger partial charge in [0.15, 0.2) is 0 Å². The lowest BCUT2D eigenvalue weighted by Gasteiger charge is -2.27. The average Bonchev–Trinajstić information content (AvgIpc) is 2.32. The Bertz CT molecular complexity index is 389. The molecule has 2 rings (SSSR count). The molecule has 2 N–H and O–H groups in total. The maximum Gasteiger partial charge on any atom is 0.306 e. The number of aromatic nitrogens is 1. The van der Waals surface area contributed by atoms with E-state index in [2.05, 4.69) is 10.3 Å². The third kappa shape index (κ3) is 3.19. The summed E-state index contributed by atoms with van der Waals surface area (Å²) in [5, 5.41) is 12.3. The minimum absolute atomic E-state index is 0.202. The minimum Gasteiger partial charge on any atom is -0.481 e. The lowest BCUT2D eigenvalue weighted by Crippen LogP contribution is -2.31. The highest BCUT2D eigenvalue weighted by molar-refractivity contribution is 5.70. The normalized spacial score (nSPS) is 24.3. The second kappa shape index (κ2) is 5.17. The van der Waals surface area contributed by atoms with E-state index in [1.54, 1.807) is 0 Å². The third-order valence-electron chi connectivity index (χ3n) is 3.29. The van der Waals surface area contributed by atoms with E-state index < -0.39 is 5.97 Å². The van der Waals surface area contributed by atoms with Gasteiger partial charge in [-0.1, -0.05) is 12.5 Å². The van der Waals surface area contributed by atoms with Crippen LogP contribution in [0.3, 0.4) is 0 Å². The van der Waals surface area contributed by atoms with E-state index in [9.17, 15) is 4.79 Å². The zero-order valence-corrected chi connectivity index (χ0v) is 10.0. The first-order valence-electron chi connectivity index (χ1n) is 6.07. The fourth-order valence-corrected chi connectivity index (χ4v) is 2.31. The molecule has 17 heavy (non-hydrogen) atoms. The van der Waals surface area contributed by atoms with Gasteiger partial charge in [-0.25, -0.2) is 4.98 Å². The van der Waals surface area contributed by atoms with Crippen molar-refractivity contribution in [2.45, 2.75) is 38.6 Å². The van der Waals surface area contributed by atoms with Crippen LogP contribution in [0.15, 0.2) is 18.3 Å². The monoisotopic (exact) mass is 234 g/mol. The van der Waals surface area contributed by atoms with Gasteiger partial charge in [-0.2, -0.15) is 0 Å². The van der Waals surface area contributed by atoms with E-state index in [-0.39, 0.29) is 12.0 Å². The van der Waals surface area contributed by atoms with Crippen molar-refractivity contribution < 1.29 is 9.90 Å². The lowest BCUT2D eigenvalue weighted by atomic mass is 9.86. The van der Waals surface area contributed by atoms with Crippen molar-refractivity contribution in [3.05, 3.63) is 23.9 Å². The van der Waals surface area contributed by atoms with E-state index in [4.69, 9.17) is 5.11 Å². The molecule has 1 saturated carbocycles. The van der Waals surface area contributed by atoms with Crippen LogP contribution in [0.1, 0.15) is 31.2 Å². The maximum absolute atomic E-state index is 11.0. The zero-order chi connectivity index (χ0) is 12.3. The number of rotatable bonds is 3. The van der Waals surface area contributed by atoms with E-state index in [0.29, 0.717) is 6.42 Å². The highest BCUT2D eigenvalue weighted by Crippen LogP contribution is 2.26. The fraction of sp³-hybridized carbons (Fsp3) is 0.538. The number of hydrogen-bond donors (Lipinski definition) is 2. The molecule has 1 aliphatic carbocycles. The van der Waals surface area contributed by atoms with Gasteiger partial charge >= 0.3 is 5.97 Å². The minimum atomic E-state index is -0.673. The van der Waals surface area contributed by atoms with Crippen LogP contribution >= 0.6 is 0 Å². The largest absolute Gasteiger partial charge is 0.481 e. The van der Waals surface area contributed by atoms with E-state index in [0.717, 1.165) is 30.6 Å². The van der Waals surface area contributed by atoms with Crippen molar-refractivity contribution in [3.63, 3.8) is 0 Å². The molecule has 0 radical (unpaired) electrons. The third-order valence-corrected chi connectivity index (χ3v) is 3.29. The molecule has 4 heteroatoms. The van der Waals surface area contributed by atoms with E-state index in [1.807, 2.05) is 25.3 Å². The van der Waals surface area contributed by atoms with Crippen LogP contribution in [0, 0.1) is 12.8 Å². The molecule has 2 atom stereocenters. The Morgan fingerprint density at radius 2 is 2.29 bits per heavy atom. The predicted octanol–water partition coefficient (Wildman–Crippen LogP) is 2.45. The number of nitrogens with one attached hydrogen (secondary N) is 1. The second-order valence-corrected chi connectivity index (χ2v) is 4.76. The van der Waals surface area contributed by atoms with Crippen molar-refractivity contribution in [1.29, 1.82) is 0 Å². The van der Waals surface area contributed by atoms with Gasteiger partial charge in [0.05, 0.1) is 5.92 Å². The number of pyridine rings is 1. The molecule has 4 nitrogen and oxygen atoms in total. The summed E-state index contributed by atoms with van der Waals surface area (Å²) in [6, 6.07) is 4.19. The summed E-state index contributed by atoms with van der Waals surface area (Å²) in [5.41, 5.74) is 1.13. The highest BCUT2D eigenvalue weighted by atomic mass is 16.4. The number of anilines is 1. The average molecular weight is 234 g/mol. The number of hydrogen-bond acceptors (Lipinski definition) is 3. The van der Waals surface area contributed by atoms with Crippen LogP contribution in [0.5, 0.6) is 0 Å². The number of nitrogens with zero attached hydrogens (tertiary/aromatic N) is 1. The molecular formula is C13H18N2O2. The summed E-state index contributed by atoms with van der Waals surface area (Å²) in [4.78, 5) is 15.2. The predicted molar refractivity (Wildman–Crippen MR) is 66.0 cm³/mol. The van der Waals surface area contributed by atoms with Crippen molar-refractivity contribution >= 4 is 11.8 Å². The summed E-state index contributed by atoms with van der Waals surface area (Å²) in [6.07, 6.45) is 5.32. The Balaban J connectivity index is 1.94. The Kier molecular flexibility index (Phi) is 3.61. The summed E-state index contributed by atoms with van der Waals surface area (Å²) in [7, 11) is 0. The van der Waals surface area contributed by atoms with Gasteiger partial charge < -0.3 is 10.4 Å². The molecule has 92 valence electrons. The molecule has 1 aromatic heterocycles. The summed E-state index contributed by atoms with van der Waals surface area (Å²) in [5.74, 6) is -0.0355. The molecule has 0 bridgehead atoms. The van der Waals surface area contributed by atoms with Crippen molar-refractivity contribution in [1.82, 2.24) is 4.98 Å². The summed E-state index contributed by atoms with van der Waals surface area (Å²) < 4.78 is 0. The first-order valence-corrected chi connectivity index (χ1v) is 6.07. The molecule has 1 aromatic rings. The van der Waals surface area contributed by atoms with Gasteiger partial charge in [-0.05, 0) is 37.8 Å². The number of carboxylic acid groups (broad SMARTS) is 1. The molecule has 1 heterocycles. The highest BCUT2D eigenvalue weighted by Gasteiger charge is 2.26. The summed E-state index contributed by atoms with van der Waals surface area (Å²) in [6.45, 7) is 2.00. The quantitative estimate of drug-likeness (QED) is 0.843. The van der Waals surface area contributed by atoms with Gasteiger partial charge in [0.2, 0.25) is 0 Å². The van der Waals surface area contributed by atoms with Gasteiger partial charge in [0.25, 0.3) is 0 Å². The maximum atomic E-state index is 11.0. The first-order chi connectivity index (χ1) is 8.15. The molecule has 0 aromatic carbocycles. The zero-order valence-electron chi connectivity index (χ0n) is 10.0. The molecule has 0 spiro atoms. The van der Waals surface area contributed by atoms with Gasteiger partial charge in [-0.15, -0.1) is 0 Å². The number of carboxylic acids is 1. The first kappa shape index (κ1) is 11.9. The van der Waals surface area contributed by atoms with Crippen molar-refractivity contribution in [3.8, 4) is 0 Å². The van der Waals surface area contributed by atoms with Crippen molar-refractivity contribution in [2.75, 3.05) is 5.32 Å². The van der Waals surface area contributed by atoms with Crippen LogP contribution < -0.4 is 5.32 Å². The number of aliphatic carboxylic acids is 1. The van der Waals surface area contributed by atoms with Crippen LogP contribution in [0.2, 0.25) is 0 Å². The molecule has 1 fully saturated rings. The Morgan fingerprint density at radius 1 is 1.47 bits per heavy atom. The Morgan fingerprint density at radius 3 is 2.94 bits per heavy atom. The SMILES string of the molecule is Cc1ccc(N[C@H]2CCC[C@@H](C(=O)O)C2)nc1. The standard InChI is InChI=1S/C13H18N2O2/c1-9-5-6-12(14-8-9)15-11-4-2-3-10(7-11)13(16)17/h5-6,8,10-11H,2-4,7H2,1H3,(H,14,15)(H,16,17)/t10-,11+/m1/s1. The molecule has 0 saturated heterocycles. The number of aryl methyl sites for hydroxylation is 1. The summed E-state index contributed by atoms with van der Waals surface area (Å²) >= 11 is 0. The molecule has 0 unspecified atom stereocenters. The van der Waals surface area contributed by atoms with Crippen LogP contribution in [-0.4, -0.2) is 22.1 Å². The Labute approximate surface area is 101 Å². The van der Waals surface area contributed by atoms with Crippen LogP contribution in [0.25, 0.3) is 0 Å². The van der Waals surface area contributed by atoms with Gasteiger partial charge in [-0.3, -0.25) is 4.79 Å². The Hall–Kier alpha value is -1.58. The van der Waals surface area contributed by atoms with E-state index >= 15 is 0 Å². The van der Waals surface area contributed by atoms with Gasteiger partial charge in [0, 0.05) is 12.2 Å². The topological polar surface area (TPSA) is 62.2 Å². The lowest BCUT2D eigenvalue weighted by molar-refractivity contribution is -0.142. The molecule has 1 aliphatic rings. The molecule has 0 aliphatic heterocycles. The molecular weight excluding hydrogens is 216 g/mol. The number of carbonyl (C=O) groups is 1. The van der Waals surface area contributed by atoms with Crippen molar-refractivity contribution in [2.24, 2.45) is 5.92 Å². The second-order valence-electron chi connectivity index (χ2n) is 4.76. The fourth-order valence-electron chi connectivity index (χ4n) is 2.31. The van der Waals surface area contributed by atoms with Crippen LogP contribution in [0.4, 0.5) is 5.82 Å². The molecule has 0 amide bonds. The van der Waals surface area contributed by atoms with Crippen LogP contribution in [-0.2, 0) is 4.79 Å². The van der Waals surface area contributed by atoms with E-state index in [1.165, 1.54) is 0 Å².